The minimum atomic E-state index is -0.370. The Hall–Kier alpha value is -3.44. The van der Waals surface area contributed by atoms with Crippen molar-refractivity contribution in [2.75, 3.05) is 38.0 Å². The Labute approximate surface area is 202 Å². The van der Waals surface area contributed by atoms with Gasteiger partial charge in [-0.25, -0.2) is 4.98 Å². The Kier molecular flexibility index (Phi) is 6.20. The van der Waals surface area contributed by atoms with Gasteiger partial charge in [-0.3, -0.25) is 9.59 Å². The molecule has 1 aliphatic heterocycles. The van der Waals surface area contributed by atoms with Gasteiger partial charge in [-0.2, -0.15) is 9.61 Å². The molecule has 1 saturated heterocycles. The van der Waals surface area contributed by atoms with E-state index in [1.54, 1.807) is 41.6 Å². The first-order valence-electron chi connectivity index (χ1n) is 11.9. The number of carbonyl (C=O) groups is 1. The van der Waals surface area contributed by atoms with Crippen LogP contribution in [0, 0.1) is 0 Å². The lowest BCUT2D eigenvalue weighted by atomic mass is 9.76. The van der Waals surface area contributed by atoms with Gasteiger partial charge in [0.25, 0.3) is 11.5 Å². The zero-order valence-corrected chi connectivity index (χ0v) is 20.2. The SMILES string of the molecule is CNc1cc(Nc2cccn(C3CCCOC3)c2=O)nc2c(C(=O)N[C@H]3CC[C@]3(C)OC)cnn12. The summed E-state index contributed by atoms with van der Waals surface area (Å²) in [5, 5.41) is 13.6. The van der Waals surface area contributed by atoms with Crippen molar-refractivity contribution in [1.82, 2.24) is 24.5 Å². The van der Waals surface area contributed by atoms with Gasteiger partial charge in [0.2, 0.25) is 0 Å². The zero-order valence-electron chi connectivity index (χ0n) is 20.2. The van der Waals surface area contributed by atoms with Crippen molar-refractivity contribution in [3.8, 4) is 0 Å². The molecule has 3 N–H and O–H groups in total. The van der Waals surface area contributed by atoms with Gasteiger partial charge in [0, 0.05) is 33.0 Å². The van der Waals surface area contributed by atoms with E-state index in [1.165, 1.54) is 6.20 Å². The van der Waals surface area contributed by atoms with Crippen molar-refractivity contribution in [2.45, 2.75) is 50.3 Å². The second kappa shape index (κ2) is 9.31. The first-order chi connectivity index (χ1) is 16.9. The highest BCUT2D eigenvalue weighted by atomic mass is 16.5. The quantitative estimate of drug-likeness (QED) is 0.470. The van der Waals surface area contributed by atoms with E-state index in [1.807, 2.05) is 13.0 Å². The molecule has 4 heterocycles. The molecule has 186 valence electrons. The average molecular weight is 482 g/mol. The van der Waals surface area contributed by atoms with E-state index in [4.69, 9.17) is 9.47 Å². The van der Waals surface area contributed by atoms with Crippen LogP contribution in [0.3, 0.4) is 0 Å². The zero-order chi connectivity index (χ0) is 24.6. The fourth-order valence-electron chi connectivity index (χ4n) is 4.74. The number of amides is 1. The van der Waals surface area contributed by atoms with Gasteiger partial charge in [0.1, 0.15) is 22.9 Å². The largest absolute Gasteiger partial charge is 0.379 e. The highest BCUT2D eigenvalue weighted by Crippen LogP contribution is 2.35. The number of nitrogens with one attached hydrogen (secondary N) is 3. The number of fused-ring (bicyclic) bond motifs is 1. The van der Waals surface area contributed by atoms with Crippen molar-refractivity contribution in [2.24, 2.45) is 0 Å². The number of hydrogen-bond donors (Lipinski definition) is 3. The number of methoxy groups -OCH3 is 1. The maximum absolute atomic E-state index is 13.2. The summed E-state index contributed by atoms with van der Waals surface area (Å²) in [6.45, 7) is 3.24. The molecule has 0 aromatic carbocycles. The van der Waals surface area contributed by atoms with Crippen molar-refractivity contribution >= 4 is 28.9 Å². The van der Waals surface area contributed by atoms with Gasteiger partial charge in [-0.05, 0) is 44.7 Å². The van der Waals surface area contributed by atoms with Crippen LogP contribution in [-0.2, 0) is 9.47 Å². The van der Waals surface area contributed by atoms with Crippen molar-refractivity contribution in [1.29, 1.82) is 0 Å². The lowest BCUT2D eigenvalue weighted by molar-refractivity contribution is -0.0828. The summed E-state index contributed by atoms with van der Waals surface area (Å²) in [5.41, 5.74) is 0.609. The van der Waals surface area contributed by atoms with Gasteiger partial charge in [-0.15, -0.1) is 0 Å². The molecule has 1 unspecified atom stereocenters. The molecule has 0 spiro atoms. The number of ether oxygens (including phenoxy) is 2. The molecule has 0 radical (unpaired) electrons. The number of hydrogen-bond acceptors (Lipinski definition) is 8. The first kappa shape index (κ1) is 23.3. The van der Waals surface area contributed by atoms with E-state index in [2.05, 4.69) is 26.0 Å². The number of carbonyl (C=O) groups excluding carboxylic acids is 1. The van der Waals surface area contributed by atoms with Gasteiger partial charge in [0.15, 0.2) is 5.65 Å². The molecule has 0 bridgehead atoms. The molecular formula is C24H31N7O4. The molecule has 1 aliphatic carbocycles. The Balaban J connectivity index is 1.45. The molecule has 3 aromatic heterocycles. The van der Waals surface area contributed by atoms with Gasteiger partial charge < -0.3 is 30.0 Å². The van der Waals surface area contributed by atoms with E-state index in [0.717, 1.165) is 32.3 Å². The normalized spacial score (nSPS) is 24.1. The van der Waals surface area contributed by atoms with E-state index in [0.29, 0.717) is 35.1 Å². The topological polar surface area (TPSA) is 124 Å². The Morgan fingerprint density at radius 2 is 2.20 bits per heavy atom. The summed E-state index contributed by atoms with van der Waals surface area (Å²) < 4.78 is 14.4. The molecule has 5 rings (SSSR count). The van der Waals surface area contributed by atoms with Crippen molar-refractivity contribution < 1.29 is 14.3 Å². The summed E-state index contributed by atoms with van der Waals surface area (Å²) in [6, 6.07) is 5.23. The lowest BCUT2D eigenvalue weighted by Crippen LogP contribution is -2.59. The molecule has 3 atom stereocenters. The molecule has 2 aliphatic rings. The Morgan fingerprint density at radius 3 is 2.89 bits per heavy atom. The minimum absolute atomic E-state index is 0.00993. The van der Waals surface area contributed by atoms with E-state index in [-0.39, 0.29) is 29.2 Å². The van der Waals surface area contributed by atoms with Crippen LogP contribution in [0.15, 0.2) is 35.4 Å². The van der Waals surface area contributed by atoms with Crippen molar-refractivity contribution in [3.05, 3.63) is 46.5 Å². The summed E-state index contributed by atoms with van der Waals surface area (Å²) in [4.78, 5) is 30.9. The summed E-state index contributed by atoms with van der Waals surface area (Å²) in [7, 11) is 3.42. The van der Waals surface area contributed by atoms with Crippen LogP contribution in [0.4, 0.5) is 17.3 Å². The summed E-state index contributed by atoms with van der Waals surface area (Å²) >= 11 is 0. The Bertz CT molecular complexity index is 1290. The van der Waals surface area contributed by atoms with E-state index >= 15 is 0 Å². The summed E-state index contributed by atoms with van der Waals surface area (Å²) in [6.07, 6.45) is 6.86. The van der Waals surface area contributed by atoms with Crippen LogP contribution in [0.1, 0.15) is 49.0 Å². The fourth-order valence-corrected chi connectivity index (χ4v) is 4.74. The fraction of sp³-hybridized carbons (Fsp3) is 0.500. The lowest BCUT2D eigenvalue weighted by Gasteiger charge is -2.45. The van der Waals surface area contributed by atoms with Crippen LogP contribution < -0.4 is 21.5 Å². The second-order valence-corrected chi connectivity index (χ2v) is 9.28. The molecule has 1 amide bonds. The molecule has 11 heteroatoms. The van der Waals surface area contributed by atoms with Crippen LogP contribution in [0.5, 0.6) is 0 Å². The van der Waals surface area contributed by atoms with Gasteiger partial charge in [-0.1, -0.05) is 0 Å². The molecule has 1 saturated carbocycles. The maximum atomic E-state index is 13.2. The average Bonchev–Trinajstić information content (AvgIpc) is 3.31. The Morgan fingerprint density at radius 1 is 1.34 bits per heavy atom. The number of anilines is 3. The minimum Gasteiger partial charge on any atom is -0.379 e. The van der Waals surface area contributed by atoms with Crippen molar-refractivity contribution in [3.63, 3.8) is 0 Å². The highest BCUT2D eigenvalue weighted by Gasteiger charge is 2.44. The number of pyridine rings is 1. The van der Waals surface area contributed by atoms with Gasteiger partial charge in [0.05, 0.1) is 30.5 Å². The third-order valence-corrected chi connectivity index (χ3v) is 7.18. The molecule has 35 heavy (non-hydrogen) atoms. The van der Waals surface area contributed by atoms with Crippen LogP contribution in [0.25, 0.3) is 5.65 Å². The maximum Gasteiger partial charge on any atom is 0.274 e. The van der Waals surface area contributed by atoms with Gasteiger partial charge >= 0.3 is 0 Å². The van der Waals surface area contributed by atoms with Crippen LogP contribution >= 0.6 is 0 Å². The number of aromatic nitrogens is 4. The number of nitrogens with zero attached hydrogens (tertiary/aromatic N) is 4. The standard InChI is InChI=1S/C24H31N7O4/c1-24(34-3)9-8-18(24)28-22(32)16-13-26-31-20(25-2)12-19(29-21(16)31)27-17-7-4-10-30(23(17)33)15-6-5-11-35-14-15/h4,7,10,12-13,15,18,25H,5-6,8-9,11,14H2,1-3H3,(H,27,29)(H,28,32)/t15?,18-,24-/m0/s1. The molecule has 11 nitrogen and oxygen atoms in total. The first-order valence-corrected chi connectivity index (χ1v) is 11.9. The van der Waals surface area contributed by atoms with E-state index in [9.17, 15) is 9.59 Å². The predicted molar refractivity (Wildman–Crippen MR) is 132 cm³/mol. The van der Waals surface area contributed by atoms with E-state index < -0.39 is 0 Å². The summed E-state index contributed by atoms with van der Waals surface area (Å²) in [5.74, 6) is 0.787. The van der Waals surface area contributed by atoms with Crippen LogP contribution in [0.2, 0.25) is 0 Å². The second-order valence-electron chi connectivity index (χ2n) is 9.28. The molecule has 3 aromatic rings. The highest BCUT2D eigenvalue weighted by molar-refractivity contribution is 6.00. The smallest absolute Gasteiger partial charge is 0.274 e. The molecule has 2 fully saturated rings. The predicted octanol–water partition coefficient (Wildman–Crippen LogP) is 2.33. The monoisotopic (exact) mass is 481 g/mol. The third-order valence-electron chi connectivity index (χ3n) is 7.18. The third kappa shape index (κ3) is 4.25. The number of rotatable bonds is 7. The van der Waals surface area contributed by atoms with Crippen LogP contribution in [-0.4, -0.2) is 64.1 Å². The molecular weight excluding hydrogens is 450 g/mol.